The van der Waals surface area contributed by atoms with Gasteiger partial charge in [-0.15, -0.1) is 24.0 Å². The van der Waals surface area contributed by atoms with Crippen molar-refractivity contribution >= 4 is 35.6 Å². The molecular weight excluding hydrogens is 451 g/mol. The fraction of sp³-hybridized carbons (Fsp3) is 0.238. The van der Waals surface area contributed by atoms with Crippen molar-refractivity contribution in [1.82, 2.24) is 4.98 Å². The van der Waals surface area contributed by atoms with Crippen molar-refractivity contribution in [1.29, 1.82) is 0 Å². The van der Waals surface area contributed by atoms with Crippen LogP contribution in [0.25, 0.3) is 11.5 Å². The average Bonchev–Trinajstić information content (AvgIpc) is 3.10. The van der Waals surface area contributed by atoms with Crippen molar-refractivity contribution < 1.29 is 4.42 Å². The Morgan fingerprint density at radius 2 is 1.93 bits per heavy atom. The van der Waals surface area contributed by atoms with Crippen LogP contribution in [0, 0.1) is 6.92 Å². The Balaban J connectivity index is 0.00000261. The molecule has 0 saturated carbocycles. The second-order valence-electron chi connectivity index (χ2n) is 6.62. The van der Waals surface area contributed by atoms with Crippen molar-refractivity contribution in [3.8, 4) is 11.5 Å². The summed E-state index contributed by atoms with van der Waals surface area (Å²) in [7, 11) is 0. The van der Waals surface area contributed by atoms with Crippen LogP contribution in [-0.2, 0) is 6.54 Å². The summed E-state index contributed by atoms with van der Waals surface area (Å²) >= 11 is 0. The highest BCUT2D eigenvalue weighted by Crippen LogP contribution is 2.20. The topological polar surface area (TPSA) is 76.4 Å². The first-order valence-corrected chi connectivity index (χ1v) is 8.69. The molecule has 6 heteroatoms. The maximum absolute atomic E-state index is 5.99. The van der Waals surface area contributed by atoms with Crippen LogP contribution in [-0.4, -0.2) is 10.9 Å². The number of halogens is 1. The van der Waals surface area contributed by atoms with E-state index in [9.17, 15) is 0 Å². The van der Waals surface area contributed by atoms with Crippen LogP contribution in [0.4, 0.5) is 5.69 Å². The zero-order valence-electron chi connectivity index (χ0n) is 15.8. The van der Waals surface area contributed by atoms with Crippen LogP contribution in [0.3, 0.4) is 0 Å². The van der Waals surface area contributed by atoms with Crippen molar-refractivity contribution in [2.45, 2.75) is 33.2 Å². The molecule has 0 aliphatic carbocycles. The van der Waals surface area contributed by atoms with Gasteiger partial charge >= 0.3 is 0 Å². The smallest absolute Gasteiger partial charge is 0.226 e. The molecule has 3 N–H and O–H groups in total. The lowest BCUT2D eigenvalue weighted by Gasteiger charge is -2.09. The second-order valence-corrected chi connectivity index (χ2v) is 6.62. The molecule has 0 aliphatic rings. The molecule has 3 rings (SSSR count). The fourth-order valence-corrected chi connectivity index (χ4v) is 2.54. The van der Waals surface area contributed by atoms with E-state index in [0.29, 0.717) is 24.3 Å². The van der Waals surface area contributed by atoms with Gasteiger partial charge in [0.05, 0.1) is 6.54 Å². The Bertz CT molecular complexity index is 901. The van der Waals surface area contributed by atoms with E-state index >= 15 is 0 Å². The Hall–Kier alpha value is -2.35. The number of anilines is 1. The van der Waals surface area contributed by atoms with E-state index in [1.165, 1.54) is 11.1 Å². The van der Waals surface area contributed by atoms with Gasteiger partial charge in [0.15, 0.2) is 5.96 Å². The van der Waals surface area contributed by atoms with Gasteiger partial charge < -0.3 is 15.5 Å². The predicted octanol–water partition coefficient (Wildman–Crippen LogP) is 5.32. The van der Waals surface area contributed by atoms with Crippen LogP contribution in [0.5, 0.6) is 0 Å². The van der Waals surface area contributed by atoms with E-state index in [1.807, 2.05) is 43.3 Å². The number of benzene rings is 2. The molecule has 5 nitrogen and oxygen atoms in total. The standard InChI is InChI=1S/C21H24N4O.HI/c1-14(2)17-5-4-6-18(11-17)25-21(22)23-12-19-13-26-20(24-19)16-9-7-15(3)8-10-16;/h4-11,13-14H,12H2,1-3H3,(H3,22,23,25);1H. The molecule has 1 aromatic heterocycles. The van der Waals surface area contributed by atoms with Crippen molar-refractivity contribution in [2.75, 3.05) is 5.32 Å². The molecule has 0 bridgehead atoms. The minimum absolute atomic E-state index is 0. The molecule has 2 aromatic carbocycles. The molecule has 0 fully saturated rings. The van der Waals surface area contributed by atoms with Crippen molar-refractivity contribution in [2.24, 2.45) is 10.7 Å². The number of nitrogens with one attached hydrogen (secondary N) is 1. The lowest BCUT2D eigenvalue weighted by Crippen LogP contribution is -2.22. The maximum atomic E-state index is 5.99. The number of oxazole rings is 1. The fourth-order valence-electron chi connectivity index (χ4n) is 2.54. The third-order valence-electron chi connectivity index (χ3n) is 4.09. The normalized spacial score (nSPS) is 11.3. The van der Waals surface area contributed by atoms with Crippen LogP contribution >= 0.6 is 24.0 Å². The highest BCUT2D eigenvalue weighted by molar-refractivity contribution is 14.0. The summed E-state index contributed by atoms with van der Waals surface area (Å²) in [6, 6.07) is 16.2. The maximum Gasteiger partial charge on any atom is 0.226 e. The minimum Gasteiger partial charge on any atom is -0.444 e. The summed E-state index contributed by atoms with van der Waals surface area (Å²) < 4.78 is 5.54. The number of hydrogen-bond acceptors (Lipinski definition) is 3. The van der Waals surface area contributed by atoms with Gasteiger partial charge in [0.2, 0.25) is 5.89 Å². The predicted molar refractivity (Wildman–Crippen MR) is 122 cm³/mol. The van der Waals surface area contributed by atoms with Crippen molar-refractivity contribution in [3.05, 3.63) is 71.6 Å². The summed E-state index contributed by atoms with van der Waals surface area (Å²) in [6.07, 6.45) is 1.62. The number of guanidine groups is 1. The largest absolute Gasteiger partial charge is 0.444 e. The Morgan fingerprint density at radius 1 is 1.19 bits per heavy atom. The summed E-state index contributed by atoms with van der Waals surface area (Å²) in [5.74, 6) is 1.40. The number of hydrogen-bond donors (Lipinski definition) is 2. The van der Waals surface area contributed by atoms with Crippen LogP contribution < -0.4 is 11.1 Å². The number of aryl methyl sites for hydroxylation is 1. The van der Waals surface area contributed by atoms with E-state index in [1.54, 1.807) is 6.26 Å². The van der Waals surface area contributed by atoms with E-state index in [-0.39, 0.29) is 24.0 Å². The minimum atomic E-state index is 0. The Labute approximate surface area is 177 Å². The zero-order chi connectivity index (χ0) is 18.5. The number of rotatable bonds is 5. The molecule has 0 atom stereocenters. The van der Waals surface area contributed by atoms with E-state index in [0.717, 1.165) is 16.9 Å². The number of aromatic nitrogens is 1. The van der Waals surface area contributed by atoms with Gasteiger partial charge in [0, 0.05) is 11.3 Å². The van der Waals surface area contributed by atoms with Crippen LogP contribution in [0.1, 0.15) is 36.6 Å². The molecule has 0 unspecified atom stereocenters. The van der Waals surface area contributed by atoms with E-state index in [4.69, 9.17) is 10.2 Å². The SMILES string of the molecule is Cc1ccc(-c2nc(CN=C(N)Nc3cccc(C(C)C)c3)co2)cc1.I. The molecule has 0 spiro atoms. The zero-order valence-corrected chi connectivity index (χ0v) is 18.1. The summed E-state index contributed by atoms with van der Waals surface area (Å²) in [5, 5.41) is 3.12. The highest BCUT2D eigenvalue weighted by atomic mass is 127. The molecule has 0 amide bonds. The van der Waals surface area contributed by atoms with Gasteiger partial charge in [0.25, 0.3) is 0 Å². The molecule has 142 valence electrons. The third-order valence-corrected chi connectivity index (χ3v) is 4.09. The molecular formula is C21H25IN4O. The second kappa shape index (κ2) is 9.55. The lowest BCUT2D eigenvalue weighted by molar-refractivity contribution is 0.572. The highest BCUT2D eigenvalue weighted by Gasteiger charge is 2.06. The quantitative estimate of drug-likeness (QED) is 0.297. The van der Waals surface area contributed by atoms with E-state index < -0.39 is 0 Å². The first kappa shape index (κ1) is 21.0. The molecule has 0 saturated heterocycles. The van der Waals surface area contributed by atoms with Gasteiger partial charge in [-0.05, 0) is 42.7 Å². The van der Waals surface area contributed by atoms with Crippen molar-refractivity contribution in [3.63, 3.8) is 0 Å². The van der Waals surface area contributed by atoms with Gasteiger partial charge in [-0.2, -0.15) is 0 Å². The van der Waals surface area contributed by atoms with Crippen LogP contribution in [0.15, 0.2) is 64.2 Å². The monoisotopic (exact) mass is 476 g/mol. The number of nitrogens with zero attached hydrogens (tertiary/aromatic N) is 2. The van der Waals surface area contributed by atoms with Gasteiger partial charge in [-0.25, -0.2) is 9.98 Å². The van der Waals surface area contributed by atoms with Gasteiger partial charge in [-0.3, -0.25) is 0 Å². The number of nitrogens with two attached hydrogens (primary N) is 1. The molecule has 1 heterocycles. The summed E-state index contributed by atoms with van der Waals surface area (Å²) in [5.41, 5.74) is 11.1. The molecule has 3 aromatic rings. The third kappa shape index (κ3) is 5.82. The Morgan fingerprint density at radius 3 is 2.63 bits per heavy atom. The molecule has 0 radical (unpaired) electrons. The van der Waals surface area contributed by atoms with E-state index in [2.05, 4.69) is 41.3 Å². The average molecular weight is 476 g/mol. The Kier molecular flexibility index (Phi) is 7.41. The molecule has 0 aliphatic heterocycles. The van der Waals surface area contributed by atoms with Gasteiger partial charge in [0.1, 0.15) is 12.0 Å². The number of aliphatic imine (C=N–C) groups is 1. The lowest BCUT2D eigenvalue weighted by atomic mass is 10.0. The van der Waals surface area contributed by atoms with Crippen LogP contribution in [0.2, 0.25) is 0 Å². The summed E-state index contributed by atoms with van der Waals surface area (Å²) in [4.78, 5) is 8.82. The summed E-state index contributed by atoms with van der Waals surface area (Å²) in [6.45, 7) is 6.73. The first-order chi connectivity index (χ1) is 12.5. The molecule has 27 heavy (non-hydrogen) atoms. The first-order valence-electron chi connectivity index (χ1n) is 8.69. The van der Waals surface area contributed by atoms with Gasteiger partial charge in [-0.1, -0.05) is 43.7 Å².